The van der Waals surface area contributed by atoms with Gasteiger partial charge in [-0.15, -0.1) is 0 Å². The van der Waals surface area contributed by atoms with Gasteiger partial charge in [0.25, 0.3) is 0 Å². The molecule has 0 saturated carbocycles. The van der Waals surface area contributed by atoms with E-state index in [2.05, 4.69) is 4.99 Å². The smallest absolute Gasteiger partial charge is 0.209 e. The molecule has 0 aliphatic carbocycles. The van der Waals surface area contributed by atoms with Gasteiger partial charge in [0.15, 0.2) is 0 Å². The molecule has 0 saturated heterocycles. The first kappa shape index (κ1) is 11.2. The Morgan fingerprint density at radius 1 is 1.38 bits per heavy atom. The summed E-state index contributed by atoms with van der Waals surface area (Å²) in [5, 5.41) is 0.733. The van der Waals surface area contributed by atoms with Crippen molar-refractivity contribution in [1.29, 1.82) is 0 Å². The molecule has 84 valence electrons. The van der Waals surface area contributed by atoms with Crippen LogP contribution in [0.25, 0.3) is 6.08 Å². The molecule has 1 aliphatic heterocycles. The molecule has 1 heterocycles. The molecule has 0 aromatic heterocycles. The molecule has 0 N–H and O–H groups in total. The molecule has 0 fully saturated rings. The monoisotopic (exact) mass is 235 g/mol. The van der Waals surface area contributed by atoms with E-state index in [-0.39, 0.29) is 5.54 Å². The van der Waals surface area contributed by atoms with Crippen LogP contribution in [0.3, 0.4) is 0 Å². The van der Waals surface area contributed by atoms with Crippen molar-refractivity contribution in [3.63, 3.8) is 0 Å². The van der Waals surface area contributed by atoms with E-state index in [1.165, 1.54) is 0 Å². The van der Waals surface area contributed by atoms with Gasteiger partial charge >= 0.3 is 0 Å². The first-order valence-electron chi connectivity index (χ1n) is 5.21. The molecule has 1 aromatic carbocycles. The van der Waals surface area contributed by atoms with Crippen molar-refractivity contribution in [3.8, 4) is 0 Å². The molecule has 0 bridgehead atoms. The largest absolute Gasteiger partial charge is 0.475 e. The topological polar surface area (TPSA) is 21.6 Å². The van der Waals surface area contributed by atoms with Gasteiger partial charge in [0.1, 0.15) is 6.61 Å². The average molecular weight is 236 g/mol. The second-order valence-electron chi connectivity index (χ2n) is 4.44. The summed E-state index contributed by atoms with van der Waals surface area (Å²) < 4.78 is 5.45. The van der Waals surface area contributed by atoms with Crippen LogP contribution in [-0.2, 0) is 4.74 Å². The van der Waals surface area contributed by atoms with E-state index in [4.69, 9.17) is 16.3 Å². The average Bonchev–Trinajstić information content (AvgIpc) is 2.56. The highest BCUT2D eigenvalue weighted by Gasteiger charge is 2.24. The zero-order valence-electron chi connectivity index (χ0n) is 9.40. The van der Waals surface area contributed by atoms with E-state index in [0.717, 1.165) is 10.6 Å². The molecule has 0 amide bonds. The number of benzene rings is 1. The highest BCUT2D eigenvalue weighted by molar-refractivity contribution is 6.30. The normalized spacial score (nSPS) is 18.6. The van der Waals surface area contributed by atoms with Gasteiger partial charge in [0.2, 0.25) is 5.90 Å². The van der Waals surface area contributed by atoms with Crippen LogP contribution in [0.15, 0.2) is 35.3 Å². The standard InChI is InChI=1S/C13H14ClNO/c1-13(2)9-16-12(15-13)7-6-10-4-3-5-11(14)8-10/h3-8H,9H2,1-2H3. The van der Waals surface area contributed by atoms with Crippen molar-refractivity contribution in [2.45, 2.75) is 19.4 Å². The SMILES string of the molecule is CC1(C)COC(C=Cc2cccc(Cl)c2)=N1. The molecule has 2 rings (SSSR count). The van der Waals surface area contributed by atoms with Crippen molar-refractivity contribution >= 4 is 23.6 Å². The van der Waals surface area contributed by atoms with Crippen LogP contribution in [0.1, 0.15) is 19.4 Å². The number of rotatable bonds is 2. The molecule has 0 unspecified atom stereocenters. The maximum atomic E-state index is 5.89. The lowest BCUT2D eigenvalue weighted by Crippen LogP contribution is -2.17. The molecule has 3 heteroatoms. The summed E-state index contributed by atoms with van der Waals surface area (Å²) in [6.07, 6.45) is 3.83. The Bertz CT molecular complexity index is 449. The predicted octanol–water partition coefficient (Wildman–Crippen LogP) is 3.56. The van der Waals surface area contributed by atoms with Crippen LogP contribution in [-0.4, -0.2) is 18.0 Å². The number of hydrogen-bond acceptors (Lipinski definition) is 2. The van der Waals surface area contributed by atoms with Crippen molar-refractivity contribution < 1.29 is 4.74 Å². The Hall–Kier alpha value is -1.28. The summed E-state index contributed by atoms with van der Waals surface area (Å²) in [7, 11) is 0. The van der Waals surface area contributed by atoms with Crippen molar-refractivity contribution in [1.82, 2.24) is 0 Å². The Morgan fingerprint density at radius 2 is 2.19 bits per heavy atom. The van der Waals surface area contributed by atoms with Gasteiger partial charge in [0, 0.05) is 11.1 Å². The summed E-state index contributed by atoms with van der Waals surface area (Å²) in [4.78, 5) is 4.43. The van der Waals surface area contributed by atoms with E-state index in [9.17, 15) is 0 Å². The van der Waals surface area contributed by atoms with Gasteiger partial charge in [-0.2, -0.15) is 0 Å². The number of ether oxygens (including phenoxy) is 1. The summed E-state index contributed by atoms with van der Waals surface area (Å²) >= 11 is 5.89. The fourth-order valence-electron chi connectivity index (χ4n) is 1.48. The molecule has 2 nitrogen and oxygen atoms in total. The van der Waals surface area contributed by atoms with Gasteiger partial charge in [0.05, 0.1) is 5.54 Å². The van der Waals surface area contributed by atoms with Crippen molar-refractivity contribution in [3.05, 3.63) is 40.9 Å². The number of hydrogen-bond donors (Lipinski definition) is 0. The number of nitrogens with zero attached hydrogens (tertiary/aromatic N) is 1. The fourth-order valence-corrected chi connectivity index (χ4v) is 1.68. The third-order valence-corrected chi connectivity index (χ3v) is 2.49. The van der Waals surface area contributed by atoms with Crippen LogP contribution in [0.4, 0.5) is 0 Å². The maximum absolute atomic E-state index is 5.89. The summed E-state index contributed by atoms with van der Waals surface area (Å²) in [6, 6.07) is 7.66. The highest BCUT2D eigenvalue weighted by Crippen LogP contribution is 2.18. The zero-order valence-corrected chi connectivity index (χ0v) is 10.2. The lowest BCUT2D eigenvalue weighted by molar-refractivity contribution is 0.280. The zero-order chi connectivity index (χ0) is 11.6. The summed E-state index contributed by atoms with van der Waals surface area (Å²) in [5.74, 6) is 0.685. The first-order valence-corrected chi connectivity index (χ1v) is 5.59. The van der Waals surface area contributed by atoms with Gasteiger partial charge in [-0.1, -0.05) is 23.7 Å². The van der Waals surface area contributed by atoms with Gasteiger partial charge < -0.3 is 4.74 Å². The van der Waals surface area contributed by atoms with Crippen molar-refractivity contribution in [2.24, 2.45) is 4.99 Å². The molecular formula is C13H14ClNO. The van der Waals surface area contributed by atoms with Crippen LogP contribution in [0, 0.1) is 0 Å². The second-order valence-corrected chi connectivity index (χ2v) is 4.88. The second kappa shape index (κ2) is 4.30. The molecule has 0 spiro atoms. The van der Waals surface area contributed by atoms with Crippen LogP contribution < -0.4 is 0 Å². The Kier molecular flexibility index (Phi) is 3.01. The number of halogens is 1. The molecule has 1 aromatic rings. The molecule has 0 atom stereocenters. The van der Waals surface area contributed by atoms with E-state index >= 15 is 0 Å². The quantitative estimate of drug-likeness (QED) is 0.768. The Morgan fingerprint density at radius 3 is 2.81 bits per heavy atom. The van der Waals surface area contributed by atoms with E-state index in [1.807, 2.05) is 50.3 Å². The number of aliphatic imine (C=N–C) groups is 1. The first-order chi connectivity index (χ1) is 7.55. The predicted molar refractivity (Wildman–Crippen MR) is 68.0 cm³/mol. The Balaban J connectivity index is 2.11. The molecule has 1 aliphatic rings. The minimum Gasteiger partial charge on any atom is -0.475 e. The van der Waals surface area contributed by atoms with E-state index < -0.39 is 0 Å². The van der Waals surface area contributed by atoms with Crippen LogP contribution >= 0.6 is 11.6 Å². The lowest BCUT2D eigenvalue weighted by atomic mass is 10.1. The third-order valence-electron chi connectivity index (χ3n) is 2.25. The summed E-state index contributed by atoms with van der Waals surface area (Å²) in [5.41, 5.74) is 0.942. The molecule has 16 heavy (non-hydrogen) atoms. The molecular weight excluding hydrogens is 222 g/mol. The summed E-state index contributed by atoms with van der Waals surface area (Å²) in [6.45, 7) is 4.74. The van der Waals surface area contributed by atoms with Gasteiger partial charge in [-0.05, 0) is 37.6 Å². The molecule has 0 radical (unpaired) electrons. The van der Waals surface area contributed by atoms with Gasteiger partial charge in [-0.25, -0.2) is 4.99 Å². The highest BCUT2D eigenvalue weighted by atomic mass is 35.5. The fraction of sp³-hybridized carbons (Fsp3) is 0.308. The lowest BCUT2D eigenvalue weighted by Gasteiger charge is -2.07. The van der Waals surface area contributed by atoms with Crippen LogP contribution in [0.5, 0.6) is 0 Å². The van der Waals surface area contributed by atoms with Crippen LogP contribution in [0.2, 0.25) is 5.02 Å². The van der Waals surface area contributed by atoms with E-state index in [0.29, 0.717) is 12.5 Å². The van der Waals surface area contributed by atoms with E-state index in [1.54, 1.807) is 0 Å². The minimum absolute atomic E-state index is 0.103. The third kappa shape index (κ3) is 2.86. The Labute approximate surface area is 101 Å². The minimum atomic E-state index is -0.103. The van der Waals surface area contributed by atoms with Crippen molar-refractivity contribution in [2.75, 3.05) is 6.61 Å². The maximum Gasteiger partial charge on any atom is 0.209 e. The van der Waals surface area contributed by atoms with Gasteiger partial charge in [-0.3, -0.25) is 0 Å².